The van der Waals surface area contributed by atoms with Crippen LogP contribution in [0.1, 0.15) is 45.6 Å². The third-order valence-corrected chi connectivity index (χ3v) is 4.24. The first-order valence-electron chi connectivity index (χ1n) is 8.13. The van der Waals surface area contributed by atoms with Gasteiger partial charge in [0.15, 0.2) is 0 Å². The standard InChI is InChI=1S/C16H24Cl2N4O2/c1-16(2,3)24-15(23)22-7-5-4-6-12(22)10-19-8-11-9-20-14(18)21-13(11)17/h9,12,19H,4-8,10H2,1-3H3. The lowest BCUT2D eigenvalue weighted by molar-refractivity contribution is 0.00993. The topological polar surface area (TPSA) is 67.3 Å². The molecule has 6 nitrogen and oxygen atoms in total. The number of likely N-dealkylation sites (tertiary alicyclic amines) is 1. The predicted molar refractivity (Wildman–Crippen MR) is 94.3 cm³/mol. The van der Waals surface area contributed by atoms with Crippen LogP contribution in [-0.4, -0.2) is 45.7 Å². The van der Waals surface area contributed by atoms with Crippen molar-refractivity contribution in [3.8, 4) is 0 Å². The molecule has 1 aromatic rings. The third-order valence-electron chi connectivity index (χ3n) is 3.73. The van der Waals surface area contributed by atoms with Gasteiger partial charge in [0, 0.05) is 37.4 Å². The minimum atomic E-state index is -0.485. The normalized spacial score (nSPS) is 18.5. The van der Waals surface area contributed by atoms with Gasteiger partial charge in [-0.15, -0.1) is 0 Å². The van der Waals surface area contributed by atoms with Gasteiger partial charge in [0.05, 0.1) is 0 Å². The Labute approximate surface area is 152 Å². The lowest BCUT2D eigenvalue weighted by atomic mass is 10.0. The third kappa shape index (κ3) is 5.76. The molecule has 1 aliphatic heterocycles. The van der Waals surface area contributed by atoms with E-state index in [4.69, 9.17) is 27.9 Å². The van der Waals surface area contributed by atoms with E-state index in [1.54, 1.807) is 6.20 Å². The molecule has 2 rings (SSSR count). The van der Waals surface area contributed by atoms with Gasteiger partial charge in [-0.05, 0) is 51.6 Å². The Morgan fingerprint density at radius 3 is 2.83 bits per heavy atom. The molecule has 1 aliphatic rings. The number of hydrogen-bond acceptors (Lipinski definition) is 5. The number of hydrogen-bond donors (Lipinski definition) is 1. The zero-order chi connectivity index (χ0) is 17.7. The Hall–Kier alpha value is -1.11. The van der Waals surface area contributed by atoms with Crippen LogP contribution in [0.25, 0.3) is 0 Å². The first-order chi connectivity index (χ1) is 11.3. The van der Waals surface area contributed by atoms with E-state index in [0.29, 0.717) is 18.2 Å². The summed E-state index contributed by atoms with van der Waals surface area (Å²) >= 11 is 11.7. The number of nitrogens with one attached hydrogen (secondary N) is 1. The number of aromatic nitrogens is 2. The van der Waals surface area contributed by atoms with Crippen LogP contribution in [0.3, 0.4) is 0 Å². The number of piperidine rings is 1. The molecule has 0 spiro atoms. The Bertz CT molecular complexity index is 578. The van der Waals surface area contributed by atoms with E-state index in [2.05, 4.69) is 15.3 Å². The highest BCUT2D eigenvalue weighted by Gasteiger charge is 2.30. The molecular weight excluding hydrogens is 351 g/mol. The number of halogens is 2. The summed E-state index contributed by atoms with van der Waals surface area (Å²) in [6, 6.07) is 0.112. The van der Waals surface area contributed by atoms with E-state index < -0.39 is 5.60 Å². The largest absolute Gasteiger partial charge is 0.444 e. The number of nitrogens with zero attached hydrogens (tertiary/aromatic N) is 3. The maximum atomic E-state index is 12.4. The molecule has 0 radical (unpaired) electrons. The highest BCUT2D eigenvalue weighted by atomic mass is 35.5. The average molecular weight is 375 g/mol. The van der Waals surface area contributed by atoms with Crippen molar-refractivity contribution >= 4 is 29.3 Å². The van der Waals surface area contributed by atoms with Crippen molar-refractivity contribution in [2.24, 2.45) is 0 Å². The molecule has 2 heterocycles. The van der Waals surface area contributed by atoms with Gasteiger partial charge in [-0.1, -0.05) is 11.6 Å². The lowest BCUT2D eigenvalue weighted by Gasteiger charge is -2.37. The van der Waals surface area contributed by atoms with Gasteiger partial charge < -0.3 is 15.0 Å². The first kappa shape index (κ1) is 19.2. The number of carbonyl (C=O) groups is 1. The summed E-state index contributed by atoms with van der Waals surface area (Å²) in [5, 5.41) is 3.80. The van der Waals surface area contributed by atoms with E-state index >= 15 is 0 Å². The van der Waals surface area contributed by atoms with Gasteiger partial charge in [0.2, 0.25) is 5.28 Å². The molecule has 134 valence electrons. The van der Waals surface area contributed by atoms with Crippen molar-refractivity contribution < 1.29 is 9.53 Å². The van der Waals surface area contributed by atoms with Gasteiger partial charge >= 0.3 is 6.09 Å². The molecule has 1 unspecified atom stereocenters. The van der Waals surface area contributed by atoms with Gasteiger partial charge in [0.1, 0.15) is 10.8 Å². The van der Waals surface area contributed by atoms with Gasteiger partial charge in [-0.3, -0.25) is 0 Å². The highest BCUT2D eigenvalue weighted by Crippen LogP contribution is 2.20. The van der Waals surface area contributed by atoms with Crippen LogP contribution >= 0.6 is 23.2 Å². The molecule has 0 aliphatic carbocycles. The Morgan fingerprint density at radius 1 is 1.42 bits per heavy atom. The number of amides is 1. The van der Waals surface area contributed by atoms with Crippen LogP contribution < -0.4 is 5.32 Å². The summed E-state index contributed by atoms with van der Waals surface area (Å²) in [5.41, 5.74) is 0.293. The molecule has 1 amide bonds. The van der Waals surface area contributed by atoms with E-state index in [-0.39, 0.29) is 17.4 Å². The fraction of sp³-hybridized carbons (Fsp3) is 0.688. The second-order valence-corrected chi connectivity index (χ2v) is 7.61. The molecule has 0 bridgehead atoms. The van der Waals surface area contributed by atoms with E-state index in [1.807, 2.05) is 25.7 Å². The zero-order valence-corrected chi connectivity index (χ0v) is 15.8. The zero-order valence-electron chi connectivity index (χ0n) is 14.3. The van der Waals surface area contributed by atoms with Crippen LogP contribution in [0, 0.1) is 0 Å². The lowest BCUT2D eigenvalue weighted by Crippen LogP contribution is -2.50. The van der Waals surface area contributed by atoms with Crippen molar-refractivity contribution in [2.45, 2.75) is 58.2 Å². The highest BCUT2D eigenvalue weighted by molar-refractivity contribution is 6.32. The Balaban J connectivity index is 1.90. The predicted octanol–water partition coefficient (Wildman–Crippen LogP) is 3.66. The fourth-order valence-corrected chi connectivity index (χ4v) is 3.00. The summed E-state index contributed by atoms with van der Waals surface area (Å²) in [6.45, 7) is 7.55. The molecule has 1 atom stereocenters. The average Bonchev–Trinajstić information content (AvgIpc) is 2.48. The summed E-state index contributed by atoms with van der Waals surface area (Å²) in [5.74, 6) is 0. The van der Waals surface area contributed by atoms with Crippen molar-refractivity contribution in [3.63, 3.8) is 0 Å². The smallest absolute Gasteiger partial charge is 0.410 e. The van der Waals surface area contributed by atoms with Gasteiger partial charge in [-0.2, -0.15) is 0 Å². The van der Waals surface area contributed by atoms with E-state index in [9.17, 15) is 4.79 Å². The molecule has 1 N–H and O–H groups in total. The van der Waals surface area contributed by atoms with Crippen molar-refractivity contribution in [3.05, 3.63) is 22.2 Å². The maximum absolute atomic E-state index is 12.4. The van der Waals surface area contributed by atoms with Crippen molar-refractivity contribution in [1.29, 1.82) is 0 Å². The minimum absolute atomic E-state index is 0.112. The summed E-state index contributed by atoms with van der Waals surface area (Å²) in [4.78, 5) is 22.0. The first-order valence-corrected chi connectivity index (χ1v) is 8.89. The van der Waals surface area contributed by atoms with E-state index in [1.165, 1.54) is 0 Å². The van der Waals surface area contributed by atoms with Gasteiger partial charge in [-0.25, -0.2) is 14.8 Å². The molecule has 1 fully saturated rings. The van der Waals surface area contributed by atoms with Crippen molar-refractivity contribution in [1.82, 2.24) is 20.2 Å². The summed E-state index contributed by atoms with van der Waals surface area (Å²) < 4.78 is 5.51. The Kier molecular flexibility index (Phi) is 6.66. The van der Waals surface area contributed by atoms with Crippen LogP contribution in [0.5, 0.6) is 0 Å². The van der Waals surface area contributed by atoms with Crippen LogP contribution in [0.15, 0.2) is 6.20 Å². The SMILES string of the molecule is CC(C)(C)OC(=O)N1CCCCC1CNCc1cnc(Cl)nc1Cl. The molecular formula is C16H24Cl2N4O2. The van der Waals surface area contributed by atoms with Crippen molar-refractivity contribution in [2.75, 3.05) is 13.1 Å². The molecule has 1 aromatic heterocycles. The Morgan fingerprint density at radius 2 is 2.17 bits per heavy atom. The van der Waals surface area contributed by atoms with Crippen LogP contribution in [-0.2, 0) is 11.3 Å². The maximum Gasteiger partial charge on any atom is 0.410 e. The summed E-state index contributed by atoms with van der Waals surface area (Å²) in [6.07, 6.45) is 4.43. The van der Waals surface area contributed by atoms with Crippen LogP contribution in [0.2, 0.25) is 10.4 Å². The quantitative estimate of drug-likeness (QED) is 0.643. The molecule has 0 saturated carbocycles. The molecule has 0 aromatic carbocycles. The van der Waals surface area contributed by atoms with Gasteiger partial charge in [0.25, 0.3) is 0 Å². The monoisotopic (exact) mass is 374 g/mol. The number of ether oxygens (including phenoxy) is 1. The summed E-state index contributed by atoms with van der Waals surface area (Å²) in [7, 11) is 0. The molecule has 24 heavy (non-hydrogen) atoms. The minimum Gasteiger partial charge on any atom is -0.444 e. The number of rotatable bonds is 4. The van der Waals surface area contributed by atoms with Crippen LogP contribution in [0.4, 0.5) is 4.79 Å². The molecule has 8 heteroatoms. The number of carbonyl (C=O) groups excluding carboxylic acids is 1. The second kappa shape index (κ2) is 8.32. The van der Waals surface area contributed by atoms with E-state index in [0.717, 1.165) is 31.4 Å². The molecule has 1 saturated heterocycles. The second-order valence-electron chi connectivity index (χ2n) is 6.91. The fourth-order valence-electron chi connectivity index (χ4n) is 2.63.